The SMILES string of the molecule is COc1cc2c(cc1/C=C(/C#N)C(=O)NCc1ccc3c(c1)OCO3)CCCC2. The molecule has 2 aliphatic rings. The number of hydrogen-bond acceptors (Lipinski definition) is 5. The number of amides is 1. The number of fused-ring (bicyclic) bond motifs is 2. The van der Waals surface area contributed by atoms with E-state index >= 15 is 0 Å². The fourth-order valence-electron chi connectivity index (χ4n) is 3.70. The molecule has 0 atom stereocenters. The maximum Gasteiger partial charge on any atom is 0.262 e. The highest BCUT2D eigenvalue weighted by atomic mass is 16.7. The first-order valence-electron chi connectivity index (χ1n) is 9.66. The molecule has 4 rings (SSSR count). The molecule has 148 valence electrons. The van der Waals surface area contributed by atoms with Crippen LogP contribution in [0.3, 0.4) is 0 Å². The molecule has 0 bridgehead atoms. The molecule has 0 aromatic heterocycles. The Labute approximate surface area is 169 Å². The van der Waals surface area contributed by atoms with Crippen molar-refractivity contribution in [2.75, 3.05) is 13.9 Å². The lowest BCUT2D eigenvalue weighted by molar-refractivity contribution is -0.117. The molecule has 1 aliphatic carbocycles. The van der Waals surface area contributed by atoms with E-state index in [1.165, 1.54) is 17.5 Å². The Hall–Kier alpha value is -3.46. The summed E-state index contributed by atoms with van der Waals surface area (Å²) >= 11 is 0. The highest BCUT2D eigenvalue weighted by Crippen LogP contribution is 2.33. The summed E-state index contributed by atoms with van der Waals surface area (Å²) in [5, 5.41) is 12.3. The van der Waals surface area contributed by atoms with E-state index in [1.54, 1.807) is 13.2 Å². The molecule has 0 unspecified atom stereocenters. The average Bonchev–Trinajstić information content (AvgIpc) is 3.23. The average molecular weight is 390 g/mol. The van der Waals surface area contributed by atoms with Gasteiger partial charge in [0.05, 0.1) is 7.11 Å². The molecule has 6 heteroatoms. The zero-order valence-corrected chi connectivity index (χ0v) is 16.3. The Morgan fingerprint density at radius 1 is 1.17 bits per heavy atom. The molecule has 2 aromatic carbocycles. The van der Waals surface area contributed by atoms with Crippen LogP contribution in [0.25, 0.3) is 6.08 Å². The highest BCUT2D eigenvalue weighted by Gasteiger charge is 2.17. The van der Waals surface area contributed by atoms with Gasteiger partial charge >= 0.3 is 0 Å². The third kappa shape index (κ3) is 4.04. The number of ether oxygens (including phenoxy) is 3. The second-order valence-corrected chi connectivity index (χ2v) is 7.11. The lowest BCUT2D eigenvalue weighted by Gasteiger charge is -2.18. The van der Waals surface area contributed by atoms with Gasteiger partial charge < -0.3 is 19.5 Å². The molecular formula is C23H22N2O4. The fourth-order valence-corrected chi connectivity index (χ4v) is 3.70. The zero-order valence-electron chi connectivity index (χ0n) is 16.3. The van der Waals surface area contributed by atoms with Crippen molar-refractivity contribution in [1.82, 2.24) is 5.32 Å². The van der Waals surface area contributed by atoms with Crippen molar-refractivity contribution in [3.8, 4) is 23.3 Å². The van der Waals surface area contributed by atoms with Gasteiger partial charge in [0.25, 0.3) is 5.91 Å². The number of nitrogens with zero attached hydrogens (tertiary/aromatic N) is 1. The molecule has 1 N–H and O–H groups in total. The summed E-state index contributed by atoms with van der Waals surface area (Å²) in [6.45, 7) is 0.491. The third-order valence-corrected chi connectivity index (χ3v) is 5.25. The number of carbonyl (C=O) groups is 1. The van der Waals surface area contributed by atoms with Gasteiger partial charge in [-0.1, -0.05) is 6.07 Å². The van der Waals surface area contributed by atoms with Crippen LogP contribution in [0.15, 0.2) is 35.9 Å². The summed E-state index contributed by atoms with van der Waals surface area (Å²) in [5.41, 5.74) is 4.21. The molecule has 6 nitrogen and oxygen atoms in total. The van der Waals surface area contributed by atoms with Gasteiger partial charge in [0.1, 0.15) is 17.4 Å². The van der Waals surface area contributed by atoms with Crippen LogP contribution in [0.4, 0.5) is 0 Å². The standard InChI is InChI=1S/C23H22N2O4/c1-27-21-11-17-5-3-2-4-16(17)9-18(21)10-19(12-24)23(26)25-13-15-6-7-20-22(8-15)29-14-28-20/h6-11H,2-5,13-14H2,1H3,(H,25,26)/b19-10-. The van der Waals surface area contributed by atoms with Crippen LogP contribution >= 0.6 is 0 Å². The van der Waals surface area contributed by atoms with Crippen molar-refractivity contribution in [3.05, 3.63) is 58.2 Å². The van der Waals surface area contributed by atoms with Crippen LogP contribution in [-0.4, -0.2) is 19.8 Å². The van der Waals surface area contributed by atoms with E-state index in [4.69, 9.17) is 14.2 Å². The minimum atomic E-state index is -0.426. The predicted octanol–water partition coefficient (Wildman–Crippen LogP) is 3.53. The van der Waals surface area contributed by atoms with Crippen molar-refractivity contribution < 1.29 is 19.0 Å². The van der Waals surface area contributed by atoms with E-state index in [2.05, 4.69) is 5.32 Å². The number of benzene rings is 2. The minimum absolute atomic E-state index is 0.0415. The molecular weight excluding hydrogens is 368 g/mol. The Morgan fingerprint density at radius 3 is 2.69 bits per heavy atom. The quantitative estimate of drug-likeness (QED) is 0.624. The summed E-state index contributed by atoms with van der Waals surface area (Å²) < 4.78 is 16.1. The fraction of sp³-hybridized carbons (Fsp3) is 0.304. The molecule has 1 heterocycles. The minimum Gasteiger partial charge on any atom is -0.496 e. The van der Waals surface area contributed by atoms with Crippen LogP contribution in [-0.2, 0) is 24.2 Å². The second-order valence-electron chi connectivity index (χ2n) is 7.11. The van der Waals surface area contributed by atoms with E-state index in [1.807, 2.05) is 36.4 Å². The van der Waals surface area contributed by atoms with Gasteiger partial charge in [-0.15, -0.1) is 0 Å². The largest absolute Gasteiger partial charge is 0.496 e. The Bertz CT molecular complexity index is 1020. The summed E-state index contributed by atoms with van der Waals surface area (Å²) in [4.78, 5) is 12.6. The molecule has 0 saturated heterocycles. The van der Waals surface area contributed by atoms with Crippen LogP contribution in [0.1, 0.15) is 35.1 Å². The van der Waals surface area contributed by atoms with Crippen LogP contribution in [0.5, 0.6) is 17.2 Å². The number of rotatable bonds is 5. The summed E-state index contributed by atoms with van der Waals surface area (Å²) in [7, 11) is 1.60. The monoisotopic (exact) mass is 390 g/mol. The van der Waals surface area contributed by atoms with Crippen LogP contribution in [0.2, 0.25) is 0 Å². The smallest absolute Gasteiger partial charge is 0.262 e. The maximum absolute atomic E-state index is 12.6. The first-order chi connectivity index (χ1) is 14.2. The summed E-state index contributed by atoms with van der Waals surface area (Å²) in [6.07, 6.45) is 5.98. The lowest BCUT2D eigenvalue weighted by atomic mass is 9.89. The zero-order chi connectivity index (χ0) is 20.2. The molecule has 0 fully saturated rings. The van der Waals surface area contributed by atoms with E-state index < -0.39 is 5.91 Å². The van der Waals surface area contributed by atoms with Gasteiger partial charge in [-0.05, 0) is 72.7 Å². The van der Waals surface area contributed by atoms with Crippen molar-refractivity contribution in [2.45, 2.75) is 32.2 Å². The first kappa shape index (κ1) is 18.9. The molecule has 2 aromatic rings. The number of nitriles is 1. The predicted molar refractivity (Wildman–Crippen MR) is 108 cm³/mol. The van der Waals surface area contributed by atoms with Crippen molar-refractivity contribution in [2.24, 2.45) is 0 Å². The van der Waals surface area contributed by atoms with Gasteiger partial charge in [-0.3, -0.25) is 4.79 Å². The van der Waals surface area contributed by atoms with Crippen LogP contribution < -0.4 is 19.5 Å². The second kappa shape index (κ2) is 8.27. The normalized spacial score (nSPS) is 14.7. The van der Waals surface area contributed by atoms with Gasteiger partial charge in [0.15, 0.2) is 11.5 Å². The first-order valence-corrected chi connectivity index (χ1v) is 9.66. The van der Waals surface area contributed by atoms with Gasteiger partial charge in [0, 0.05) is 12.1 Å². The number of nitrogens with one attached hydrogen (secondary N) is 1. The number of methoxy groups -OCH3 is 1. The molecule has 0 saturated carbocycles. The molecule has 1 amide bonds. The molecule has 0 spiro atoms. The van der Waals surface area contributed by atoms with E-state index in [0.29, 0.717) is 17.2 Å². The Balaban J connectivity index is 1.51. The van der Waals surface area contributed by atoms with Crippen molar-refractivity contribution >= 4 is 12.0 Å². The highest BCUT2D eigenvalue weighted by molar-refractivity contribution is 6.02. The topological polar surface area (TPSA) is 80.6 Å². The Morgan fingerprint density at radius 2 is 1.93 bits per heavy atom. The van der Waals surface area contributed by atoms with Gasteiger partial charge in [0.2, 0.25) is 6.79 Å². The molecule has 1 aliphatic heterocycles. The lowest BCUT2D eigenvalue weighted by Crippen LogP contribution is -2.24. The maximum atomic E-state index is 12.6. The summed E-state index contributed by atoms with van der Waals surface area (Å²) in [6, 6.07) is 11.6. The molecule has 29 heavy (non-hydrogen) atoms. The van der Waals surface area contributed by atoms with E-state index in [9.17, 15) is 10.1 Å². The number of aryl methyl sites for hydroxylation is 2. The van der Waals surface area contributed by atoms with Gasteiger partial charge in [-0.25, -0.2) is 0 Å². The third-order valence-electron chi connectivity index (χ3n) is 5.25. The van der Waals surface area contributed by atoms with Crippen LogP contribution in [0, 0.1) is 11.3 Å². The molecule has 0 radical (unpaired) electrons. The Kier molecular flexibility index (Phi) is 5.39. The van der Waals surface area contributed by atoms with E-state index in [0.717, 1.165) is 30.4 Å². The van der Waals surface area contributed by atoms with Gasteiger partial charge in [-0.2, -0.15) is 5.26 Å². The number of hydrogen-bond donors (Lipinski definition) is 1. The van der Waals surface area contributed by atoms with Crippen molar-refractivity contribution in [3.63, 3.8) is 0 Å². The summed E-state index contributed by atoms with van der Waals surface area (Å²) in [5.74, 6) is 1.61. The van der Waals surface area contributed by atoms with Crippen molar-refractivity contribution in [1.29, 1.82) is 5.26 Å². The van der Waals surface area contributed by atoms with E-state index in [-0.39, 0.29) is 18.9 Å². The number of carbonyl (C=O) groups excluding carboxylic acids is 1.